The summed E-state index contributed by atoms with van der Waals surface area (Å²) in [5.74, 6) is -0.470. The van der Waals surface area contributed by atoms with Gasteiger partial charge in [-0.1, -0.05) is 74.0 Å². The van der Waals surface area contributed by atoms with E-state index in [2.05, 4.69) is 5.32 Å². The smallest absolute Gasteiger partial charge is 0.332 e. The SMILES string of the molecule is Cc1ccc(NC(C[C@@H](O)c2cccc3ccccc23)(C(=O)OC(C)C)C(C)C)cc1. The number of aryl methyl sites for hydroxylation is 1. The minimum atomic E-state index is -1.09. The highest BCUT2D eigenvalue weighted by Crippen LogP contribution is 2.36. The lowest BCUT2D eigenvalue weighted by molar-refractivity contribution is -0.156. The number of carbonyl (C=O) groups excluding carboxylic acids is 1. The minimum absolute atomic E-state index is 0.121. The normalized spacial score (nSPS) is 14.5. The maximum absolute atomic E-state index is 13.4. The van der Waals surface area contributed by atoms with Gasteiger partial charge < -0.3 is 15.2 Å². The molecule has 4 heteroatoms. The number of rotatable bonds is 8. The third kappa shape index (κ3) is 5.08. The van der Waals surface area contributed by atoms with E-state index in [1.54, 1.807) is 0 Å². The Labute approximate surface area is 185 Å². The second-order valence-electron chi connectivity index (χ2n) is 8.86. The lowest BCUT2D eigenvalue weighted by atomic mass is 9.79. The molecule has 0 aliphatic carbocycles. The number of hydrogen-bond donors (Lipinski definition) is 2. The van der Waals surface area contributed by atoms with E-state index >= 15 is 0 Å². The first-order valence-corrected chi connectivity index (χ1v) is 10.9. The maximum atomic E-state index is 13.4. The molecule has 4 nitrogen and oxygen atoms in total. The van der Waals surface area contributed by atoms with Gasteiger partial charge in [-0.3, -0.25) is 0 Å². The molecule has 164 valence electrons. The minimum Gasteiger partial charge on any atom is -0.461 e. The van der Waals surface area contributed by atoms with Crippen molar-refractivity contribution < 1.29 is 14.6 Å². The van der Waals surface area contributed by atoms with Crippen LogP contribution in [0.4, 0.5) is 5.69 Å². The van der Waals surface area contributed by atoms with Crippen molar-refractivity contribution in [3.63, 3.8) is 0 Å². The molecule has 3 aromatic rings. The van der Waals surface area contributed by atoms with E-state index in [-0.39, 0.29) is 24.4 Å². The number of benzene rings is 3. The largest absolute Gasteiger partial charge is 0.461 e. The molecule has 2 atom stereocenters. The first-order valence-electron chi connectivity index (χ1n) is 10.9. The Morgan fingerprint density at radius 3 is 2.26 bits per heavy atom. The topological polar surface area (TPSA) is 58.6 Å². The van der Waals surface area contributed by atoms with Crippen molar-refractivity contribution in [3.8, 4) is 0 Å². The van der Waals surface area contributed by atoms with Crippen LogP contribution in [-0.4, -0.2) is 22.7 Å². The summed E-state index contributed by atoms with van der Waals surface area (Å²) in [5.41, 5.74) is 1.69. The monoisotopic (exact) mass is 419 g/mol. The molecule has 31 heavy (non-hydrogen) atoms. The summed E-state index contributed by atoms with van der Waals surface area (Å²) in [7, 11) is 0. The lowest BCUT2D eigenvalue weighted by Gasteiger charge is -2.39. The van der Waals surface area contributed by atoms with Crippen molar-refractivity contribution in [1.29, 1.82) is 0 Å². The van der Waals surface area contributed by atoms with Gasteiger partial charge in [0.05, 0.1) is 12.2 Å². The Bertz CT molecular complexity index is 1020. The fraction of sp³-hybridized carbons (Fsp3) is 0.370. The second-order valence-corrected chi connectivity index (χ2v) is 8.86. The van der Waals surface area contributed by atoms with Gasteiger partial charge in [-0.2, -0.15) is 0 Å². The zero-order valence-corrected chi connectivity index (χ0v) is 19.1. The van der Waals surface area contributed by atoms with E-state index in [0.29, 0.717) is 0 Å². The van der Waals surface area contributed by atoms with E-state index in [1.807, 2.05) is 101 Å². The lowest BCUT2D eigenvalue weighted by Crippen LogP contribution is -2.53. The third-order valence-corrected chi connectivity index (χ3v) is 5.81. The molecule has 1 unspecified atom stereocenters. The highest BCUT2D eigenvalue weighted by atomic mass is 16.5. The van der Waals surface area contributed by atoms with Gasteiger partial charge in [0.2, 0.25) is 0 Å². The zero-order valence-electron chi connectivity index (χ0n) is 19.1. The fourth-order valence-corrected chi connectivity index (χ4v) is 3.97. The average Bonchev–Trinajstić information content (AvgIpc) is 2.73. The molecule has 0 aromatic heterocycles. The summed E-state index contributed by atoms with van der Waals surface area (Å²) in [4.78, 5) is 13.4. The number of nitrogens with one attached hydrogen (secondary N) is 1. The third-order valence-electron chi connectivity index (χ3n) is 5.81. The quantitative estimate of drug-likeness (QED) is 0.438. The number of fused-ring (bicyclic) bond motifs is 1. The average molecular weight is 420 g/mol. The number of aliphatic hydroxyl groups excluding tert-OH is 1. The Morgan fingerprint density at radius 1 is 0.968 bits per heavy atom. The number of anilines is 1. The molecule has 0 saturated carbocycles. The standard InChI is InChI=1S/C27H33NO3/c1-18(2)27(26(30)31-19(3)4,28-22-15-13-20(5)14-16-22)17-25(29)24-12-8-10-21-9-6-7-11-23(21)24/h6-16,18-19,25,28-29H,17H2,1-5H3/t25-,27?/m1/s1. The summed E-state index contributed by atoms with van der Waals surface area (Å²) >= 11 is 0. The van der Waals surface area contributed by atoms with Crippen LogP contribution < -0.4 is 5.32 Å². The number of esters is 1. The molecule has 0 heterocycles. The van der Waals surface area contributed by atoms with Gasteiger partial charge in [-0.25, -0.2) is 4.79 Å². The van der Waals surface area contributed by atoms with Crippen molar-refractivity contribution in [3.05, 3.63) is 77.9 Å². The van der Waals surface area contributed by atoms with E-state index in [9.17, 15) is 9.90 Å². The van der Waals surface area contributed by atoms with Crippen LogP contribution >= 0.6 is 0 Å². The Morgan fingerprint density at radius 2 is 1.61 bits per heavy atom. The molecule has 3 aromatic carbocycles. The predicted molar refractivity (Wildman–Crippen MR) is 127 cm³/mol. The molecule has 0 bridgehead atoms. The van der Waals surface area contributed by atoms with Crippen molar-refractivity contribution >= 4 is 22.4 Å². The van der Waals surface area contributed by atoms with Crippen LogP contribution in [0.15, 0.2) is 66.7 Å². The summed E-state index contributed by atoms with van der Waals surface area (Å²) in [6, 6.07) is 21.8. The van der Waals surface area contributed by atoms with Gasteiger partial charge in [-0.15, -0.1) is 0 Å². The molecule has 0 spiro atoms. The second kappa shape index (κ2) is 9.52. The highest BCUT2D eigenvalue weighted by Gasteiger charge is 2.45. The molecule has 0 saturated heterocycles. The summed E-state index contributed by atoms with van der Waals surface area (Å²) in [5, 5.41) is 16.8. The van der Waals surface area contributed by atoms with Gasteiger partial charge in [0.1, 0.15) is 5.54 Å². The van der Waals surface area contributed by atoms with E-state index < -0.39 is 11.6 Å². The van der Waals surface area contributed by atoms with Crippen LogP contribution in [-0.2, 0) is 9.53 Å². The molecular formula is C27H33NO3. The molecule has 0 aliphatic rings. The zero-order chi connectivity index (χ0) is 22.6. The molecule has 0 amide bonds. The number of aliphatic hydroxyl groups is 1. The predicted octanol–water partition coefficient (Wildman–Crippen LogP) is 6.03. The summed E-state index contributed by atoms with van der Waals surface area (Å²) < 4.78 is 5.68. The number of ether oxygens (including phenoxy) is 1. The first-order chi connectivity index (χ1) is 14.7. The van der Waals surface area contributed by atoms with Crippen LogP contribution in [0.5, 0.6) is 0 Å². The molecule has 0 fully saturated rings. The van der Waals surface area contributed by atoms with Gasteiger partial charge >= 0.3 is 5.97 Å². The van der Waals surface area contributed by atoms with E-state index in [0.717, 1.165) is 27.6 Å². The molecule has 0 aliphatic heterocycles. The van der Waals surface area contributed by atoms with Crippen molar-refractivity contribution in [2.75, 3.05) is 5.32 Å². The molecule has 2 N–H and O–H groups in total. The van der Waals surface area contributed by atoms with Crippen molar-refractivity contribution in [1.82, 2.24) is 0 Å². The molecular weight excluding hydrogens is 386 g/mol. The van der Waals surface area contributed by atoms with E-state index in [4.69, 9.17) is 4.74 Å². The highest BCUT2D eigenvalue weighted by molar-refractivity contribution is 5.87. The first kappa shape index (κ1) is 22.8. The maximum Gasteiger partial charge on any atom is 0.332 e. The Hall–Kier alpha value is -2.85. The summed E-state index contributed by atoms with van der Waals surface area (Å²) in [6.07, 6.45) is -0.899. The number of hydrogen-bond acceptors (Lipinski definition) is 4. The van der Waals surface area contributed by atoms with Gasteiger partial charge in [-0.05, 0) is 55.2 Å². The molecule has 0 radical (unpaired) electrons. The Kier molecular flexibility index (Phi) is 7.01. The Balaban J connectivity index is 2.03. The van der Waals surface area contributed by atoms with Crippen LogP contribution in [0.2, 0.25) is 0 Å². The molecule has 3 rings (SSSR count). The van der Waals surface area contributed by atoms with Crippen molar-refractivity contribution in [2.24, 2.45) is 5.92 Å². The van der Waals surface area contributed by atoms with Crippen molar-refractivity contribution in [2.45, 2.75) is 58.8 Å². The van der Waals surface area contributed by atoms with Crippen LogP contribution in [0.3, 0.4) is 0 Å². The van der Waals surface area contributed by atoms with Crippen LogP contribution in [0, 0.1) is 12.8 Å². The van der Waals surface area contributed by atoms with Gasteiger partial charge in [0.25, 0.3) is 0 Å². The summed E-state index contributed by atoms with van der Waals surface area (Å²) in [6.45, 7) is 9.68. The number of carbonyl (C=O) groups is 1. The fourth-order valence-electron chi connectivity index (χ4n) is 3.97. The van der Waals surface area contributed by atoms with Crippen LogP contribution in [0.1, 0.15) is 51.3 Å². The van der Waals surface area contributed by atoms with Gasteiger partial charge in [0, 0.05) is 12.1 Å². The van der Waals surface area contributed by atoms with Gasteiger partial charge in [0.15, 0.2) is 0 Å². The van der Waals surface area contributed by atoms with E-state index in [1.165, 1.54) is 0 Å². The van der Waals surface area contributed by atoms with Crippen LogP contribution in [0.25, 0.3) is 10.8 Å².